The van der Waals surface area contributed by atoms with Crippen LogP contribution in [0.3, 0.4) is 0 Å². The number of thioether (sulfide) groups is 1. The van der Waals surface area contributed by atoms with Crippen molar-refractivity contribution in [2.75, 3.05) is 11.1 Å². The number of benzene rings is 2. The van der Waals surface area contributed by atoms with Crippen molar-refractivity contribution in [1.29, 1.82) is 0 Å². The quantitative estimate of drug-likeness (QED) is 0.626. The van der Waals surface area contributed by atoms with Gasteiger partial charge in [-0.05, 0) is 61.4 Å². The molecule has 0 aliphatic carbocycles. The molecular weight excluding hydrogens is 388 g/mol. The van der Waals surface area contributed by atoms with E-state index in [4.69, 9.17) is 0 Å². The zero-order valence-electron chi connectivity index (χ0n) is 16.7. The minimum Gasteiger partial charge on any atom is -0.307 e. The molecule has 3 rings (SSSR count). The highest BCUT2D eigenvalue weighted by molar-refractivity contribution is 7.99. The SMILES string of the molecule is Cc1ccc(NC(=O)NC(=O)CSc2nnnn2-c2ccc(C)cc2C)c(C)c1. The first kappa shape index (κ1) is 20.5. The molecule has 0 unspecified atom stereocenters. The number of aromatic nitrogens is 4. The molecule has 0 spiro atoms. The molecule has 0 saturated carbocycles. The Morgan fingerprint density at radius 1 is 1.00 bits per heavy atom. The monoisotopic (exact) mass is 410 g/mol. The number of hydrogen-bond acceptors (Lipinski definition) is 6. The Hall–Kier alpha value is -3.20. The summed E-state index contributed by atoms with van der Waals surface area (Å²) in [7, 11) is 0. The molecule has 0 aliphatic rings. The van der Waals surface area contributed by atoms with Crippen molar-refractivity contribution in [2.45, 2.75) is 32.9 Å². The van der Waals surface area contributed by atoms with E-state index >= 15 is 0 Å². The van der Waals surface area contributed by atoms with Gasteiger partial charge in [0.25, 0.3) is 0 Å². The van der Waals surface area contributed by atoms with E-state index in [0.29, 0.717) is 10.8 Å². The lowest BCUT2D eigenvalue weighted by atomic mass is 10.1. The van der Waals surface area contributed by atoms with E-state index in [1.54, 1.807) is 4.68 Å². The summed E-state index contributed by atoms with van der Waals surface area (Å²) < 4.78 is 1.59. The second-order valence-corrected chi connectivity index (χ2v) is 7.72. The summed E-state index contributed by atoms with van der Waals surface area (Å²) in [5.74, 6) is -0.432. The molecule has 0 atom stereocenters. The van der Waals surface area contributed by atoms with E-state index in [2.05, 4.69) is 26.2 Å². The lowest BCUT2D eigenvalue weighted by Crippen LogP contribution is -2.35. The summed E-state index contributed by atoms with van der Waals surface area (Å²) >= 11 is 1.16. The first-order valence-corrected chi connectivity index (χ1v) is 9.99. The first-order chi connectivity index (χ1) is 13.8. The third-order valence-electron chi connectivity index (χ3n) is 4.24. The van der Waals surface area contributed by atoms with Crippen molar-refractivity contribution in [1.82, 2.24) is 25.5 Å². The molecule has 8 nitrogen and oxygen atoms in total. The molecule has 1 aromatic heterocycles. The molecule has 0 radical (unpaired) electrons. The zero-order valence-corrected chi connectivity index (χ0v) is 17.5. The smallest absolute Gasteiger partial charge is 0.307 e. The molecule has 0 saturated heterocycles. The average Bonchev–Trinajstić information content (AvgIpc) is 3.10. The van der Waals surface area contributed by atoms with E-state index in [9.17, 15) is 9.59 Å². The number of anilines is 1. The van der Waals surface area contributed by atoms with Gasteiger partial charge in [0.05, 0.1) is 11.4 Å². The third-order valence-corrected chi connectivity index (χ3v) is 5.16. The third kappa shape index (κ3) is 5.20. The molecule has 150 valence electrons. The van der Waals surface area contributed by atoms with Crippen LogP contribution >= 0.6 is 11.8 Å². The lowest BCUT2D eigenvalue weighted by molar-refractivity contribution is -0.117. The fraction of sp³-hybridized carbons (Fsp3) is 0.250. The van der Waals surface area contributed by atoms with Crippen molar-refractivity contribution in [3.63, 3.8) is 0 Å². The summed E-state index contributed by atoms with van der Waals surface area (Å²) in [4.78, 5) is 24.3. The van der Waals surface area contributed by atoms with Gasteiger partial charge in [-0.1, -0.05) is 47.2 Å². The number of imide groups is 1. The Kier molecular flexibility index (Phi) is 6.28. The maximum absolute atomic E-state index is 12.2. The van der Waals surface area contributed by atoms with Crippen molar-refractivity contribution < 1.29 is 9.59 Å². The van der Waals surface area contributed by atoms with Crippen LogP contribution in [0.2, 0.25) is 0 Å². The van der Waals surface area contributed by atoms with Crippen LogP contribution in [0.15, 0.2) is 41.6 Å². The topological polar surface area (TPSA) is 102 Å². The van der Waals surface area contributed by atoms with Crippen molar-refractivity contribution in [3.8, 4) is 5.69 Å². The second kappa shape index (κ2) is 8.87. The molecule has 1 heterocycles. The molecule has 0 fully saturated rings. The van der Waals surface area contributed by atoms with Crippen LogP contribution in [0.25, 0.3) is 5.69 Å². The van der Waals surface area contributed by atoms with Gasteiger partial charge in [0.15, 0.2) is 0 Å². The average molecular weight is 411 g/mol. The number of hydrogen-bond donors (Lipinski definition) is 2. The number of nitrogens with zero attached hydrogens (tertiary/aromatic N) is 4. The maximum atomic E-state index is 12.2. The second-order valence-electron chi connectivity index (χ2n) is 6.77. The lowest BCUT2D eigenvalue weighted by Gasteiger charge is -2.10. The number of nitrogens with one attached hydrogen (secondary N) is 2. The van der Waals surface area contributed by atoms with Crippen molar-refractivity contribution >= 4 is 29.4 Å². The number of aryl methyl sites for hydroxylation is 4. The van der Waals surface area contributed by atoms with Crippen molar-refractivity contribution in [2.24, 2.45) is 0 Å². The van der Waals surface area contributed by atoms with Gasteiger partial charge in [-0.15, -0.1) is 5.10 Å². The van der Waals surface area contributed by atoms with Gasteiger partial charge >= 0.3 is 6.03 Å². The predicted molar refractivity (Wildman–Crippen MR) is 112 cm³/mol. The van der Waals surface area contributed by atoms with Gasteiger partial charge in [-0.2, -0.15) is 4.68 Å². The number of rotatable bonds is 5. The molecule has 2 aromatic carbocycles. The Bertz CT molecular complexity index is 1060. The number of tetrazole rings is 1. The summed E-state index contributed by atoms with van der Waals surface area (Å²) in [5.41, 5.74) is 5.69. The molecule has 2 N–H and O–H groups in total. The van der Waals surface area contributed by atoms with Gasteiger partial charge in [-0.25, -0.2) is 4.79 Å². The standard InChI is InChI=1S/C20H22N6O2S/c1-12-5-7-16(14(3)9-12)21-19(28)22-18(27)11-29-20-23-24-25-26(20)17-8-6-13(2)10-15(17)4/h5-10H,11H2,1-4H3,(H2,21,22,27,28). The van der Waals surface area contributed by atoms with Gasteiger partial charge < -0.3 is 5.32 Å². The number of carbonyl (C=O) groups excluding carboxylic acids is 2. The summed E-state index contributed by atoms with van der Waals surface area (Å²) in [6, 6.07) is 11.0. The molecule has 3 aromatic rings. The molecule has 0 bridgehead atoms. The Labute approximate surface area is 173 Å². The van der Waals surface area contributed by atoms with Crippen LogP contribution < -0.4 is 10.6 Å². The van der Waals surface area contributed by atoms with Gasteiger partial charge in [0, 0.05) is 5.69 Å². The summed E-state index contributed by atoms with van der Waals surface area (Å²) in [6.07, 6.45) is 0. The fourth-order valence-corrected chi connectivity index (χ4v) is 3.55. The van der Waals surface area contributed by atoms with E-state index in [-0.39, 0.29) is 5.75 Å². The summed E-state index contributed by atoms with van der Waals surface area (Å²) in [6.45, 7) is 7.86. The van der Waals surface area contributed by atoms with E-state index in [1.165, 1.54) is 0 Å². The highest BCUT2D eigenvalue weighted by atomic mass is 32.2. The zero-order chi connectivity index (χ0) is 21.0. The van der Waals surface area contributed by atoms with Gasteiger partial charge in [0.2, 0.25) is 11.1 Å². The van der Waals surface area contributed by atoms with E-state index in [0.717, 1.165) is 39.7 Å². The minimum atomic E-state index is -0.573. The molecular formula is C20H22N6O2S. The number of amides is 3. The Morgan fingerprint density at radius 2 is 1.69 bits per heavy atom. The van der Waals surface area contributed by atoms with Crippen LogP contribution in [0.5, 0.6) is 0 Å². The Morgan fingerprint density at radius 3 is 2.38 bits per heavy atom. The largest absolute Gasteiger partial charge is 0.325 e. The normalized spacial score (nSPS) is 10.6. The highest BCUT2D eigenvalue weighted by Gasteiger charge is 2.15. The molecule has 9 heteroatoms. The number of carbonyl (C=O) groups is 2. The molecule has 0 aliphatic heterocycles. The van der Waals surface area contributed by atoms with Crippen LogP contribution in [0.1, 0.15) is 22.3 Å². The first-order valence-electron chi connectivity index (χ1n) is 9.00. The van der Waals surface area contributed by atoms with Crippen LogP contribution in [0, 0.1) is 27.7 Å². The predicted octanol–water partition coefficient (Wildman–Crippen LogP) is 3.34. The summed E-state index contributed by atoms with van der Waals surface area (Å²) in [5, 5.41) is 17.2. The number of urea groups is 1. The van der Waals surface area contributed by atoms with Crippen LogP contribution in [-0.4, -0.2) is 37.9 Å². The van der Waals surface area contributed by atoms with Crippen molar-refractivity contribution in [3.05, 3.63) is 58.7 Å². The van der Waals surface area contributed by atoms with E-state index in [1.807, 2.05) is 64.1 Å². The fourth-order valence-electron chi connectivity index (χ4n) is 2.86. The highest BCUT2D eigenvalue weighted by Crippen LogP contribution is 2.21. The maximum Gasteiger partial charge on any atom is 0.325 e. The minimum absolute atomic E-state index is 0.00554. The van der Waals surface area contributed by atoms with E-state index < -0.39 is 11.9 Å². The van der Waals surface area contributed by atoms with Gasteiger partial charge in [0.1, 0.15) is 0 Å². The van der Waals surface area contributed by atoms with Gasteiger partial charge in [-0.3, -0.25) is 10.1 Å². The van der Waals surface area contributed by atoms with Crippen LogP contribution in [0.4, 0.5) is 10.5 Å². The molecule has 3 amide bonds. The molecule has 29 heavy (non-hydrogen) atoms. The van der Waals surface area contributed by atoms with Crippen LogP contribution in [-0.2, 0) is 4.79 Å². The Balaban J connectivity index is 1.59.